The number of ether oxygens (including phenoxy) is 2. The number of hydrogen-bond acceptors (Lipinski definition) is 6. The van der Waals surface area contributed by atoms with E-state index in [1.165, 1.54) is 7.11 Å². The second kappa shape index (κ2) is 9.39. The smallest absolute Gasteiger partial charge is 0.234 e. The summed E-state index contributed by atoms with van der Waals surface area (Å²) in [6.45, 7) is 1.81. The van der Waals surface area contributed by atoms with Gasteiger partial charge in [0.1, 0.15) is 5.75 Å². The molecule has 0 radical (unpaired) electrons. The number of phenolic OH excluding ortho intramolecular Hbond substituents is 1. The zero-order valence-electron chi connectivity index (χ0n) is 18.6. The Morgan fingerprint density at radius 3 is 2.61 bits per heavy atom. The molecule has 0 aromatic heterocycles. The number of allylic oxidation sites excluding steroid dienone is 2. The van der Waals surface area contributed by atoms with Crippen LogP contribution in [0.25, 0.3) is 0 Å². The van der Waals surface area contributed by atoms with Gasteiger partial charge >= 0.3 is 0 Å². The Labute approximate surface area is 200 Å². The van der Waals surface area contributed by atoms with Gasteiger partial charge < -0.3 is 19.9 Å². The zero-order valence-corrected chi connectivity index (χ0v) is 20.2. The van der Waals surface area contributed by atoms with Crippen molar-refractivity contribution >= 4 is 39.0 Å². The number of aromatic hydroxyl groups is 1. The predicted octanol–water partition coefficient (Wildman–Crippen LogP) is 4.99. The molecule has 2 N–H and O–H groups in total. The van der Waals surface area contributed by atoms with Crippen molar-refractivity contribution in [2.75, 3.05) is 19.5 Å². The lowest BCUT2D eigenvalue weighted by atomic mass is 9.71. The number of halogens is 1. The fraction of sp³-hybridized carbons (Fsp3) is 0.320. The molecule has 7 nitrogen and oxygen atoms in total. The monoisotopic (exact) mass is 512 g/mol. The van der Waals surface area contributed by atoms with Gasteiger partial charge in [-0.3, -0.25) is 14.6 Å². The molecule has 1 heterocycles. The van der Waals surface area contributed by atoms with Crippen molar-refractivity contribution in [3.05, 3.63) is 57.7 Å². The minimum atomic E-state index is -0.725. The molecule has 0 bridgehead atoms. The summed E-state index contributed by atoms with van der Waals surface area (Å²) in [5.74, 6) is -0.830. The third-order valence-corrected chi connectivity index (χ3v) is 6.72. The van der Waals surface area contributed by atoms with Gasteiger partial charge in [0, 0.05) is 29.3 Å². The Morgan fingerprint density at radius 2 is 1.88 bits per heavy atom. The summed E-state index contributed by atoms with van der Waals surface area (Å²) < 4.78 is 11.1. The van der Waals surface area contributed by atoms with Crippen LogP contribution in [-0.2, 0) is 9.59 Å². The summed E-state index contributed by atoms with van der Waals surface area (Å²) in [6, 6.07) is 10.6. The average molecular weight is 513 g/mol. The van der Waals surface area contributed by atoms with Crippen molar-refractivity contribution in [3.8, 4) is 17.2 Å². The van der Waals surface area contributed by atoms with Crippen LogP contribution in [0, 0.1) is 5.92 Å². The minimum absolute atomic E-state index is 0.00393. The first kappa shape index (κ1) is 23.0. The van der Waals surface area contributed by atoms with E-state index in [-0.39, 0.29) is 23.2 Å². The quantitative estimate of drug-likeness (QED) is 0.587. The zero-order chi connectivity index (χ0) is 23.7. The van der Waals surface area contributed by atoms with E-state index < -0.39 is 11.8 Å². The lowest BCUT2D eigenvalue weighted by Crippen LogP contribution is -2.39. The van der Waals surface area contributed by atoms with Crippen molar-refractivity contribution in [1.82, 2.24) is 0 Å². The number of rotatable bonds is 5. The largest absolute Gasteiger partial charge is 0.503 e. The Kier molecular flexibility index (Phi) is 6.56. The summed E-state index contributed by atoms with van der Waals surface area (Å²) >= 11 is 3.37. The molecule has 0 fully saturated rings. The molecule has 2 aromatic carbocycles. The molecule has 0 saturated carbocycles. The molecule has 1 amide bonds. The van der Waals surface area contributed by atoms with Gasteiger partial charge in [-0.15, -0.1) is 0 Å². The van der Waals surface area contributed by atoms with Gasteiger partial charge in [-0.25, -0.2) is 0 Å². The van der Waals surface area contributed by atoms with Crippen LogP contribution in [0.1, 0.15) is 37.7 Å². The van der Waals surface area contributed by atoms with Crippen LogP contribution >= 0.6 is 15.9 Å². The Morgan fingerprint density at radius 1 is 1.15 bits per heavy atom. The van der Waals surface area contributed by atoms with Crippen LogP contribution in [0.3, 0.4) is 0 Å². The van der Waals surface area contributed by atoms with Crippen molar-refractivity contribution in [1.29, 1.82) is 0 Å². The van der Waals surface area contributed by atoms with Gasteiger partial charge in [0.25, 0.3) is 0 Å². The van der Waals surface area contributed by atoms with Gasteiger partial charge in [-0.05, 0) is 65.5 Å². The highest BCUT2D eigenvalue weighted by Gasteiger charge is 2.43. The first-order chi connectivity index (χ1) is 15.8. The summed E-state index contributed by atoms with van der Waals surface area (Å²) in [7, 11) is 3.00. The highest BCUT2D eigenvalue weighted by atomic mass is 79.9. The second-order valence-electron chi connectivity index (χ2n) is 8.09. The van der Waals surface area contributed by atoms with Gasteiger partial charge in [0.2, 0.25) is 5.91 Å². The Hall–Kier alpha value is -3.13. The lowest BCUT2D eigenvalue weighted by Gasteiger charge is -2.35. The fourth-order valence-corrected chi connectivity index (χ4v) is 5.05. The molecule has 33 heavy (non-hydrogen) atoms. The van der Waals surface area contributed by atoms with E-state index in [1.54, 1.807) is 31.4 Å². The number of Topliss-reactive ketones (excluding diaryl/α,β-unsaturated/α-hetero) is 1. The highest BCUT2D eigenvalue weighted by Crippen LogP contribution is 2.47. The summed E-state index contributed by atoms with van der Waals surface area (Å²) in [5, 5.41) is 13.3. The molecular weight excluding hydrogens is 488 g/mol. The van der Waals surface area contributed by atoms with Crippen LogP contribution in [0.4, 0.5) is 5.69 Å². The lowest BCUT2D eigenvalue weighted by molar-refractivity contribution is -0.119. The summed E-state index contributed by atoms with van der Waals surface area (Å²) in [6.07, 6.45) is 1.84. The van der Waals surface area contributed by atoms with E-state index in [1.807, 2.05) is 19.1 Å². The number of carbonyl (C=O) groups is 2. The number of carbonyl (C=O) groups excluding carboxylic acids is 2. The molecule has 8 heteroatoms. The van der Waals surface area contributed by atoms with E-state index >= 15 is 0 Å². The second-order valence-corrected chi connectivity index (χ2v) is 8.94. The van der Waals surface area contributed by atoms with Gasteiger partial charge in [-0.1, -0.05) is 12.1 Å². The highest BCUT2D eigenvalue weighted by molar-refractivity contribution is 9.10. The van der Waals surface area contributed by atoms with Crippen LogP contribution in [0.15, 0.2) is 57.1 Å². The maximum atomic E-state index is 13.6. The number of nitrogens with one attached hydrogen (secondary N) is 1. The molecule has 0 spiro atoms. The Bertz CT molecular complexity index is 1190. The molecule has 172 valence electrons. The normalized spacial score (nSPS) is 20.1. The topological polar surface area (TPSA) is 97.2 Å². The van der Waals surface area contributed by atoms with Gasteiger partial charge in [-0.2, -0.15) is 0 Å². The van der Waals surface area contributed by atoms with Gasteiger partial charge in [0.15, 0.2) is 17.3 Å². The van der Waals surface area contributed by atoms with Crippen molar-refractivity contribution < 1.29 is 24.2 Å². The maximum absolute atomic E-state index is 13.6. The number of phenols is 1. The SMILES string of the molecule is COc1ccccc1NC(=O)C1C(C)=NC2=C(C(=O)CCC2)[C@H]1c1cc(Br)c(O)c(OC)c1. The molecule has 4 rings (SSSR count). The van der Waals surface area contributed by atoms with E-state index in [9.17, 15) is 14.7 Å². The van der Waals surface area contributed by atoms with E-state index in [4.69, 9.17) is 14.5 Å². The first-order valence-corrected chi connectivity index (χ1v) is 11.5. The van der Waals surface area contributed by atoms with Crippen molar-refractivity contribution in [3.63, 3.8) is 0 Å². The summed E-state index contributed by atoms with van der Waals surface area (Å²) in [4.78, 5) is 31.4. The number of amides is 1. The number of nitrogens with zero attached hydrogens (tertiary/aromatic N) is 1. The fourth-order valence-electron chi connectivity index (χ4n) is 4.59. The summed E-state index contributed by atoms with van der Waals surface area (Å²) in [5.41, 5.74) is 3.15. The average Bonchev–Trinajstić information content (AvgIpc) is 2.80. The molecular formula is C25H25BrN2O5. The van der Waals surface area contributed by atoms with Crippen molar-refractivity contribution in [2.24, 2.45) is 10.9 Å². The molecule has 2 aromatic rings. The number of hydrogen-bond donors (Lipinski definition) is 2. The molecule has 1 aliphatic heterocycles. The number of methoxy groups -OCH3 is 2. The van der Waals surface area contributed by atoms with Crippen LogP contribution in [0.5, 0.6) is 17.2 Å². The first-order valence-electron chi connectivity index (χ1n) is 10.7. The number of aliphatic imine (C=N–C) groups is 1. The van der Waals surface area contributed by atoms with Crippen molar-refractivity contribution in [2.45, 2.75) is 32.1 Å². The molecule has 0 saturated heterocycles. The predicted molar refractivity (Wildman–Crippen MR) is 129 cm³/mol. The molecule has 2 atom stereocenters. The van der Waals surface area contributed by atoms with E-state index in [0.717, 1.165) is 12.1 Å². The maximum Gasteiger partial charge on any atom is 0.234 e. The van der Waals surface area contributed by atoms with Crippen LogP contribution in [0.2, 0.25) is 0 Å². The Balaban J connectivity index is 1.84. The van der Waals surface area contributed by atoms with Gasteiger partial charge in [0.05, 0.1) is 30.3 Å². The van der Waals surface area contributed by atoms with E-state index in [0.29, 0.717) is 45.6 Å². The third kappa shape index (κ3) is 4.27. The molecule has 1 aliphatic carbocycles. The number of benzene rings is 2. The van der Waals surface area contributed by atoms with Crippen LogP contribution < -0.4 is 14.8 Å². The number of para-hydroxylation sites is 2. The van der Waals surface area contributed by atoms with Crippen LogP contribution in [-0.4, -0.2) is 36.7 Å². The minimum Gasteiger partial charge on any atom is -0.503 e. The number of anilines is 1. The standard InChI is InChI=1S/C25H25BrN2O5/c1-13-21(25(31)28-16-7-4-5-10-19(16)32-2)22(23-17(27-13)8-6-9-18(23)29)14-11-15(26)24(30)20(12-14)33-3/h4-5,7,10-12,21-22,30H,6,8-9H2,1-3H3,(H,28,31)/t21?,22-/m0/s1. The molecule has 2 aliphatic rings. The van der Waals surface area contributed by atoms with E-state index in [2.05, 4.69) is 21.2 Å². The number of ketones is 1. The molecule has 1 unspecified atom stereocenters. The third-order valence-electron chi connectivity index (χ3n) is 6.11.